The van der Waals surface area contributed by atoms with Crippen molar-refractivity contribution in [1.29, 1.82) is 0 Å². The summed E-state index contributed by atoms with van der Waals surface area (Å²) in [4.78, 5) is 14.6. The standard InChI is InChI=1S/C20H18Cl2N2O/c1-2-12-24(18-11-10-14-6-3-4-7-15(14)18)13-19(25)23-20-16(21)8-5-9-17(20)22/h1,3-9,18H,10-13H2,(H,23,25). The van der Waals surface area contributed by atoms with E-state index in [1.807, 2.05) is 17.0 Å². The van der Waals surface area contributed by atoms with Crippen LogP contribution in [0.3, 0.4) is 0 Å². The summed E-state index contributed by atoms with van der Waals surface area (Å²) in [5.74, 6) is 2.48. The summed E-state index contributed by atoms with van der Waals surface area (Å²) in [5, 5.41) is 3.63. The highest BCUT2D eigenvalue weighted by atomic mass is 35.5. The molecule has 0 radical (unpaired) electrons. The Hall–Kier alpha value is -1.99. The first-order valence-corrected chi connectivity index (χ1v) is 8.85. The molecule has 0 saturated carbocycles. The minimum atomic E-state index is -0.186. The lowest BCUT2D eigenvalue weighted by atomic mass is 10.1. The summed E-state index contributed by atoms with van der Waals surface area (Å²) >= 11 is 12.2. The molecule has 0 aromatic heterocycles. The average molecular weight is 373 g/mol. The van der Waals surface area contributed by atoms with Gasteiger partial charge in [-0.05, 0) is 36.1 Å². The summed E-state index contributed by atoms with van der Waals surface area (Å²) in [6, 6.07) is 13.6. The fourth-order valence-corrected chi connectivity index (χ4v) is 3.78. The van der Waals surface area contributed by atoms with Gasteiger partial charge in [-0.2, -0.15) is 0 Å². The molecule has 3 nitrogen and oxygen atoms in total. The molecule has 2 aromatic carbocycles. The maximum Gasteiger partial charge on any atom is 0.238 e. The molecule has 0 saturated heterocycles. The number of nitrogens with one attached hydrogen (secondary N) is 1. The second kappa shape index (κ2) is 7.93. The summed E-state index contributed by atoms with van der Waals surface area (Å²) in [6.45, 7) is 0.591. The number of halogens is 2. The second-order valence-corrected chi connectivity index (χ2v) is 6.82. The van der Waals surface area contributed by atoms with E-state index in [2.05, 4.69) is 23.4 Å². The molecular weight excluding hydrogens is 355 g/mol. The number of hydrogen-bond donors (Lipinski definition) is 1. The number of terminal acetylenes is 1. The van der Waals surface area contributed by atoms with Crippen LogP contribution in [-0.2, 0) is 11.2 Å². The molecule has 128 valence electrons. The van der Waals surface area contributed by atoms with E-state index >= 15 is 0 Å². The van der Waals surface area contributed by atoms with E-state index in [0.29, 0.717) is 22.3 Å². The van der Waals surface area contributed by atoms with Gasteiger partial charge in [-0.3, -0.25) is 9.69 Å². The predicted octanol–water partition coefficient (Wildman–Crippen LogP) is 4.55. The largest absolute Gasteiger partial charge is 0.322 e. The summed E-state index contributed by atoms with van der Waals surface area (Å²) in [5.41, 5.74) is 3.01. The molecule has 25 heavy (non-hydrogen) atoms. The number of para-hydroxylation sites is 1. The quantitative estimate of drug-likeness (QED) is 0.780. The van der Waals surface area contributed by atoms with Crippen molar-refractivity contribution in [3.8, 4) is 12.3 Å². The molecule has 0 bridgehead atoms. The number of hydrogen-bond acceptors (Lipinski definition) is 2. The Bertz CT molecular complexity index is 808. The van der Waals surface area contributed by atoms with Crippen molar-refractivity contribution in [2.24, 2.45) is 0 Å². The lowest BCUT2D eigenvalue weighted by molar-refractivity contribution is -0.117. The number of benzene rings is 2. The molecule has 1 unspecified atom stereocenters. The Morgan fingerprint density at radius 1 is 1.20 bits per heavy atom. The highest BCUT2D eigenvalue weighted by Crippen LogP contribution is 2.35. The van der Waals surface area contributed by atoms with Crippen LogP contribution in [0.4, 0.5) is 5.69 Å². The van der Waals surface area contributed by atoms with E-state index < -0.39 is 0 Å². The smallest absolute Gasteiger partial charge is 0.238 e. The number of anilines is 1. The average Bonchev–Trinajstić information content (AvgIpc) is 3.02. The molecule has 5 heteroatoms. The van der Waals surface area contributed by atoms with Crippen molar-refractivity contribution in [3.63, 3.8) is 0 Å². The van der Waals surface area contributed by atoms with Gasteiger partial charge in [0.25, 0.3) is 0 Å². The van der Waals surface area contributed by atoms with E-state index in [1.165, 1.54) is 11.1 Å². The number of fused-ring (bicyclic) bond motifs is 1. The van der Waals surface area contributed by atoms with E-state index in [9.17, 15) is 4.79 Å². The maximum absolute atomic E-state index is 12.5. The predicted molar refractivity (Wildman–Crippen MR) is 103 cm³/mol. The lowest BCUT2D eigenvalue weighted by Crippen LogP contribution is -2.36. The summed E-state index contributed by atoms with van der Waals surface area (Å²) in [7, 11) is 0. The fraction of sp³-hybridized carbons (Fsp3) is 0.250. The maximum atomic E-state index is 12.5. The van der Waals surface area contributed by atoms with Crippen LogP contribution >= 0.6 is 23.2 Å². The third-order valence-electron chi connectivity index (χ3n) is 4.41. The van der Waals surface area contributed by atoms with Crippen LogP contribution in [0, 0.1) is 12.3 Å². The van der Waals surface area contributed by atoms with Gasteiger partial charge in [-0.25, -0.2) is 0 Å². The molecule has 3 rings (SSSR count). The van der Waals surface area contributed by atoms with Crippen molar-refractivity contribution in [1.82, 2.24) is 4.90 Å². The zero-order valence-electron chi connectivity index (χ0n) is 13.6. The monoisotopic (exact) mass is 372 g/mol. The lowest BCUT2D eigenvalue weighted by Gasteiger charge is -2.27. The number of rotatable bonds is 5. The molecule has 1 N–H and O–H groups in total. The van der Waals surface area contributed by atoms with Crippen LogP contribution in [0.2, 0.25) is 10.0 Å². The molecule has 1 aliphatic carbocycles. The molecule has 1 amide bonds. The van der Waals surface area contributed by atoms with Crippen LogP contribution in [0.5, 0.6) is 0 Å². The summed E-state index contributed by atoms with van der Waals surface area (Å²) < 4.78 is 0. The van der Waals surface area contributed by atoms with Gasteiger partial charge in [-0.15, -0.1) is 6.42 Å². The normalized spacial score (nSPS) is 15.7. The number of nitrogens with zero attached hydrogens (tertiary/aromatic N) is 1. The third kappa shape index (κ3) is 3.99. The first-order chi connectivity index (χ1) is 12.1. The van der Waals surface area contributed by atoms with E-state index in [1.54, 1.807) is 18.2 Å². The number of carbonyl (C=O) groups is 1. The van der Waals surface area contributed by atoms with Gasteiger partial charge in [0, 0.05) is 6.04 Å². The molecule has 2 aromatic rings. The Kier molecular flexibility index (Phi) is 5.65. The zero-order chi connectivity index (χ0) is 17.8. The van der Waals surface area contributed by atoms with Crippen LogP contribution in [0.25, 0.3) is 0 Å². The van der Waals surface area contributed by atoms with Crippen LogP contribution < -0.4 is 5.32 Å². The molecular formula is C20H18Cl2N2O. The number of aryl methyl sites for hydroxylation is 1. The number of amides is 1. The fourth-order valence-electron chi connectivity index (χ4n) is 3.29. The van der Waals surface area contributed by atoms with Gasteiger partial charge < -0.3 is 5.32 Å². The van der Waals surface area contributed by atoms with Gasteiger partial charge in [0.05, 0.1) is 28.8 Å². The second-order valence-electron chi connectivity index (χ2n) is 6.01. The van der Waals surface area contributed by atoms with Crippen molar-refractivity contribution in [2.45, 2.75) is 18.9 Å². The Morgan fingerprint density at radius 3 is 2.64 bits per heavy atom. The van der Waals surface area contributed by atoms with E-state index in [4.69, 9.17) is 29.6 Å². The van der Waals surface area contributed by atoms with Gasteiger partial charge in [0.15, 0.2) is 0 Å². The van der Waals surface area contributed by atoms with E-state index in [-0.39, 0.29) is 18.5 Å². The third-order valence-corrected chi connectivity index (χ3v) is 5.04. The molecule has 1 aliphatic rings. The molecule has 0 heterocycles. The zero-order valence-corrected chi connectivity index (χ0v) is 15.1. The van der Waals surface area contributed by atoms with Gasteiger partial charge >= 0.3 is 0 Å². The van der Waals surface area contributed by atoms with Crippen LogP contribution in [0.15, 0.2) is 42.5 Å². The highest BCUT2D eigenvalue weighted by molar-refractivity contribution is 6.39. The van der Waals surface area contributed by atoms with Crippen molar-refractivity contribution in [3.05, 3.63) is 63.6 Å². The van der Waals surface area contributed by atoms with Crippen molar-refractivity contribution < 1.29 is 4.79 Å². The number of carbonyl (C=O) groups excluding carboxylic acids is 1. The first-order valence-electron chi connectivity index (χ1n) is 8.09. The Morgan fingerprint density at radius 2 is 1.92 bits per heavy atom. The molecule has 0 fully saturated rings. The molecule has 1 atom stereocenters. The summed E-state index contributed by atoms with van der Waals surface area (Å²) in [6.07, 6.45) is 7.49. The Labute approximate surface area is 157 Å². The van der Waals surface area contributed by atoms with E-state index in [0.717, 1.165) is 12.8 Å². The highest BCUT2D eigenvalue weighted by Gasteiger charge is 2.28. The minimum absolute atomic E-state index is 0.153. The SMILES string of the molecule is C#CCN(CC(=O)Nc1c(Cl)cccc1Cl)C1CCc2ccccc21. The molecule has 0 aliphatic heterocycles. The van der Waals surface area contributed by atoms with Gasteiger partial charge in [-0.1, -0.05) is 59.5 Å². The minimum Gasteiger partial charge on any atom is -0.322 e. The Balaban J connectivity index is 1.75. The van der Waals surface area contributed by atoms with Crippen LogP contribution in [0.1, 0.15) is 23.6 Å². The van der Waals surface area contributed by atoms with Crippen LogP contribution in [-0.4, -0.2) is 23.9 Å². The first kappa shape index (κ1) is 17.8. The van der Waals surface area contributed by atoms with Crippen molar-refractivity contribution in [2.75, 3.05) is 18.4 Å². The van der Waals surface area contributed by atoms with Gasteiger partial charge in [0.2, 0.25) is 5.91 Å². The molecule has 0 spiro atoms. The van der Waals surface area contributed by atoms with Gasteiger partial charge in [0.1, 0.15) is 0 Å². The topological polar surface area (TPSA) is 32.3 Å². The van der Waals surface area contributed by atoms with Crippen molar-refractivity contribution >= 4 is 34.8 Å².